The van der Waals surface area contributed by atoms with Crippen molar-refractivity contribution >= 4 is 12.0 Å². The van der Waals surface area contributed by atoms with Crippen LogP contribution < -0.4 is 9.47 Å². The van der Waals surface area contributed by atoms with Gasteiger partial charge in [0.2, 0.25) is 0 Å². The summed E-state index contributed by atoms with van der Waals surface area (Å²) in [6.07, 6.45) is 1.31. The largest absolute Gasteiger partial charge is 0.497 e. The fourth-order valence-corrected chi connectivity index (χ4v) is 3.15. The van der Waals surface area contributed by atoms with E-state index in [2.05, 4.69) is 0 Å². The molecule has 140 valence electrons. The standard InChI is InChI=1S/C24H20O4/c1-26-21-13-11-18(12-14-21)23(17-7-3-2-4-8-17)28-24(25)20-15-19-9-5-6-10-22(19)27-16-20/h2-15,23H,16H2,1H3/t23-/m1/s1. The molecule has 0 amide bonds. The Bertz CT molecular complexity index is 991. The Hall–Kier alpha value is -3.53. The Balaban J connectivity index is 1.62. The van der Waals surface area contributed by atoms with Gasteiger partial charge in [0.05, 0.1) is 12.7 Å². The van der Waals surface area contributed by atoms with Crippen LogP contribution >= 0.6 is 0 Å². The molecule has 0 bridgehead atoms. The Labute approximate surface area is 164 Å². The number of esters is 1. The average molecular weight is 372 g/mol. The smallest absolute Gasteiger partial charge is 0.338 e. The molecule has 3 aromatic carbocycles. The van der Waals surface area contributed by atoms with Crippen molar-refractivity contribution in [1.29, 1.82) is 0 Å². The van der Waals surface area contributed by atoms with Crippen molar-refractivity contribution in [3.8, 4) is 11.5 Å². The van der Waals surface area contributed by atoms with E-state index in [0.29, 0.717) is 5.57 Å². The normalized spacial score (nSPS) is 13.5. The quantitative estimate of drug-likeness (QED) is 0.603. The number of benzene rings is 3. The lowest BCUT2D eigenvalue weighted by Gasteiger charge is -2.22. The lowest BCUT2D eigenvalue weighted by molar-refractivity contribution is -0.143. The highest BCUT2D eigenvalue weighted by Gasteiger charge is 2.24. The number of hydrogen-bond donors (Lipinski definition) is 0. The molecule has 0 saturated heterocycles. The molecule has 0 aromatic heterocycles. The van der Waals surface area contributed by atoms with Crippen LogP contribution in [-0.4, -0.2) is 19.7 Å². The lowest BCUT2D eigenvalue weighted by Crippen LogP contribution is -2.20. The number of methoxy groups -OCH3 is 1. The molecule has 0 saturated carbocycles. The topological polar surface area (TPSA) is 44.8 Å². The molecule has 0 radical (unpaired) electrons. The number of hydrogen-bond acceptors (Lipinski definition) is 4. The fourth-order valence-electron chi connectivity index (χ4n) is 3.15. The van der Waals surface area contributed by atoms with E-state index in [1.54, 1.807) is 7.11 Å². The zero-order valence-electron chi connectivity index (χ0n) is 15.5. The monoisotopic (exact) mass is 372 g/mol. The van der Waals surface area contributed by atoms with Crippen LogP contribution in [0.2, 0.25) is 0 Å². The van der Waals surface area contributed by atoms with E-state index in [-0.39, 0.29) is 12.6 Å². The fraction of sp³-hybridized carbons (Fsp3) is 0.125. The first-order valence-electron chi connectivity index (χ1n) is 9.07. The Morgan fingerprint density at radius 3 is 2.32 bits per heavy atom. The summed E-state index contributed by atoms with van der Waals surface area (Å²) in [6, 6.07) is 24.8. The molecule has 1 aliphatic heterocycles. The maximum Gasteiger partial charge on any atom is 0.338 e. The first-order valence-corrected chi connectivity index (χ1v) is 9.07. The maximum atomic E-state index is 12.9. The number of fused-ring (bicyclic) bond motifs is 1. The van der Waals surface area contributed by atoms with Crippen LogP contribution in [0.1, 0.15) is 22.8 Å². The zero-order valence-corrected chi connectivity index (χ0v) is 15.5. The van der Waals surface area contributed by atoms with Gasteiger partial charge < -0.3 is 14.2 Å². The molecule has 1 aliphatic rings. The summed E-state index contributed by atoms with van der Waals surface area (Å²) < 4.78 is 16.8. The summed E-state index contributed by atoms with van der Waals surface area (Å²) >= 11 is 0. The Morgan fingerprint density at radius 2 is 1.57 bits per heavy atom. The number of ether oxygens (including phenoxy) is 3. The molecule has 4 rings (SSSR count). The second-order valence-electron chi connectivity index (χ2n) is 6.47. The van der Waals surface area contributed by atoms with Gasteiger partial charge in [-0.3, -0.25) is 0 Å². The van der Waals surface area contributed by atoms with Crippen molar-refractivity contribution in [2.24, 2.45) is 0 Å². The van der Waals surface area contributed by atoms with Crippen LogP contribution in [0.5, 0.6) is 11.5 Å². The van der Waals surface area contributed by atoms with Gasteiger partial charge in [-0.2, -0.15) is 0 Å². The molecule has 0 N–H and O–H groups in total. The van der Waals surface area contributed by atoms with Gasteiger partial charge in [-0.05, 0) is 35.4 Å². The van der Waals surface area contributed by atoms with Gasteiger partial charge in [-0.15, -0.1) is 0 Å². The molecule has 0 unspecified atom stereocenters. The van der Waals surface area contributed by atoms with Crippen LogP contribution in [-0.2, 0) is 9.53 Å². The van der Waals surface area contributed by atoms with Gasteiger partial charge in [-0.1, -0.05) is 60.7 Å². The first kappa shape index (κ1) is 17.9. The molecule has 0 spiro atoms. The minimum atomic E-state index is -0.516. The molecule has 1 heterocycles. The predicted octanol–water partition coefficient (Wildman–Crippen LogP) is 4.80. The Kier molecular flexibility index (Phi) is 5.11. The Morgan fingerprint density at radius 1 is 0.893 bits per heavy atom. The highest BCUT2D eigenvalue weighted by molar-refractivity contribution is 5.95. The van der Waals surface area contributed by atoms with Gasteiger partial charge in [-0.25, -0.2) is 4.79 Å². The molecule has 0 aliphatic carbocycles. The van der Waals surface area contributed by atoms with Crippen molar-refractivity contribution in [2.75, 3.05) is 13.7 Å². The van der Waals surface area contributed by atoms with Crippen molar-refractivity contribution in [2.45, 2.75) is 6.10 Å². The van der Waals surface area contributed by atoms with Crippen LogP contribution in [0.3, 0.4) is 0 Å². The molecule has 4 nitrogen and oxygen atoms in total. The van der Waals surface area contributed by atoms with E-state index in [9.17, 15) is 4.79 Å². The number of carbonyl (C=O) groups is 1. The first-order chi connectivity index (χ1) is 13.7. The van der Waals surface area contributed by atoms with E-state index in [0.717, 1.165) is 28.2 Å². The molecular formula is C24H20O4. The molecule has 4 heteroatoms. The summed E-state index contributed by atoms with van der Waals surface area (Å²) in [5, 5.41) is 0. The van der Waals surface area contributed by atoms with Crippen molar-refractivity contribution in [3.63, 3.8) is 0 Å². The van der Waals surface area contributed by atoms with E-state index in [1.165, 1.54) is 0 Å². The lowest BCUT2D eigenvalue weighted by atomic mass is 10.0. The third kappa shape index (κ3) is 3.76. The van der Waals surface area contributed by atoms with Crippen molar-refractivity contribution in [3.05, 3.63) is 101 Å². The van der Waals surface area contributed by atoms with Gasteiger partial charge in [0.15, 0.2) is 6.10 Å². The van der Waals surface area contributed by atoms with Gasteiger partial charge >= 0.3 is 5.97 Å². The maximum absolute atomic E-state index is 12.9. The van der Waals surface area contributed by atoms with Crippen LogP contribution in [0.25, 0.3) is 6.08 Å². The summed E-state index contributed by atoms with van der Waals surface area (Å²) in [4.78, 5) is 12.9. The highest BCUT2D eigenvalue weighted by Crippen LogP contribution is 2.31. The van der Waals surface area contributed by atoms with E-state index in [4.69, 9.17) is 14.2 Å². The van der Waals surface area contributed by atoms with E-state index >= 15 is 0 Å². The average Bonchev–Trinajstić information content (AvgIpc) is 2.77. The van der Waals surface area contributed by atoms with Crippen LogP contribution in [0.4, 0.5) is 0 Å². The van der Waals surface area contributed by atoms with Gasteiger partial charge in [0.25, 0.3) is 0 Å². The third-order valence-corrected chi connectivity index (χ3v) is 4.64. The summed E-state index contributed by atoms with van der Waals surface area (Å²) in [5.41, 5.74) is 3.14. The molecule has 3 aromatic rings. The second-order valence-corrected chi connectivity index (χ2v) is 6.47. The summed E-state index contributed by atoms with van der Waals surface area (Å²) in [5.74, 6) is 1.13. The molecule has 1 atom stereocenters. The molecule has 0 fully saturated rings. The third-order valence-electron chi connectivity index (χ3n) is 4.64. The summed E-state index contributed by atoms with van der Waals surface area (Å²) in [7, 11) is 1.62. The van der Waals surface area contributed by atoms with Crippen LogP contribution in [0, 0.1) is 0 Å². The second kappa shape index (κ2) is 8.01. The number of carbonyl (C=O) groups excluding carboxylic acids is 1. The minimum Gasteiger partial charge on any atom is -0.497 e. The van der Waals surface area contributed by atoms with E-state index < -0.39 is 6.10 Å². The predicted molar refractivity (Wildman–Crippen MR) is 107 cm³/mol. The van der Waals surface area contributed by atoms with Crippen molar-refractivity contribution in [1.82, 2.24) is 0 Å². The summed E-state index contributed by atoms with van der Waals surface area (Å²) in [6.45, 7) is 0.194. The number of rotatable bonds is 5. The number of para-hydroxylation sites is 1. The molecule has 28 heavy (non-hydrogen) atoms. The van der Waals surface area contributed by atoms with E-state index in [1.807, 2.05) is 84.9 Å². The SMILES string of the molecule is COc1ccc([C@H](OC(=O)C2=Cc3ccccc3OC2)c2ccccc2)cc1. The highest BCUT2D eigenvalue weighted by atomic mass is 16.5. The van der Waals surface area contributed by atoms with Crippen molar-refractivity contribution < 1.29 is 19.0 Å². The molecular weight excluding hydrogens is 352 g/mol. The minimum absolute atomic E-state index is 0.194. The van der Waals surface area contributed by atoms with Gasteiger partial charge in [0.1, 0.15) is 18.1 Å². The van der Waals surface area contributed by atoms with Gasteiger partial charge in [0, 0.05) is 5.56 Å². The van der Waals surface area contributed by atoms with Crippen LogP contribution in [0.15, 0.2) is 84.4 Å². The zero-order chi connectivity index (χ0) is 19.3.